The number of carbonyl (C=O) groups is 1. The molecule has 7 heteroatoms. The number of benzene rings is 1. The first-order chi connectivity index (χ1) is 9.99. The predicted molar refractivity (Wildman–Crippen MR) is 103 cm³/mol. The van der Waals surface area contributed by atoms with E-state index in [9.17, 15) is 4.79 Å². The largest absolute Gasteiger partial charge is 0.354 e. The van der Waals surface area contributed by atoms with Crippen molar-refractivity contribution in [1.29, 1.82) is 0 Å². The summed E-state index contributed by atoms with van der Waals surface area (Å²) in [5, 5.41) is 3.70. The Morgan fingerprint density at radius 1 is 1.26 bits per heavy atom. The van der Waals surface area contributed by atoms with Crippen LogP contribution in [0.25, 0.3) is 0 Å². The molecule has 0 radical (unpaired) electrons. The molecule has 0 fully saturated rings. The molecule has 2 unspecified atom stereocenters. The van der Waals surface area contributed by atoms with Gasteiger partial charge in [0.05, 0.1) is 6.04 Å². The van der Waals surface area contributed by atoms with Gasteiger partial charge in [-0.05, 0) is 31.6 Å². The van der Waals surface area contributed by atoms with Crippen molar-refractivity contribution in [1.82, 2.24) is 10.2 Å². The van der Waals surface area contributed by atoms with E-state index in [2.05, 4.69) is 24.1 Å². The standard InChI is InChI=1S/C16H26ClN3O.2ClH/c1-4-20(5-2)15(11-19-16(21)10-12(3)18)13-8-6-7-9-14(13)17;;/h6-9,12,15H,4-5,10-11,18H2,1-3H3,(H,19,21);2*1H. The second-order valence-corrected chi connectivity index (χ2v) is 5.65. The minimum Gasteiger partial charge on any atom is -0.354 e. The highest BCUT2D eigenvalue weighted by Gasteiger charge is 2.21. The maximum atomic E-state index is 11.8. The zero-order valence-electron chi connectivity index (χ0n) is 13.9. The summed E-state index contributed by atoms with van der Waals surface area (Å²) >= 11 is 6.32. The van der Waals surface area contributed by atoms with Gasteiger partial charge in [0, 0.05) is 24.0 Å². The highest BCUT2D eigenvalue weighted by atomic mass is 35.5. The molecular formula is C16H28Cl3N3O. The highest BCUT2D eigenvalue weighted by molar-refractivity contribution is 6.31. The van der Waals surface area contributed by atoms with Crippen LogP contribution >= 0.6 is 36.4 Å². The first kappa shape index (κ1) is 24.7. The van der Waals surface area contributed by atoms with E-state index in [1.54, 1.807) is 0 Å². The van der Waals surface area contributed by atoms with Gasteiger partial charge in [0.2, 0.25) is 5.91 Å². The van der Waals surface area contributed by atoms with Gasteiger partial charge in [0.1, 0.15) is 0 Å². The number of rotatable bonds is 8. The molecule has 1 aromatic rings. The quantitative estimate of drug-likeness (QED) is 0.722. The van der Waals surface area contributed by atoms with E-state index in [1.807, 2.05) is 31.2 Å². The van der Waals surface area contributed by atoms with Crippen LogP contribution in [0.1, 0.15) is 38.8 Å². The number of carbonyl (C=O) groups excluding carboxylic acids is 1. The number of hydrogen-bond acceptors (Lipinski definition) is 3. The Morgan fingerprint density at radius 3 is 2.30 bits per heavy atom. The van der Waals surface area contributed by atoms with E-state index >= 15 is 0 Å². The molecule has 0 aromatic heterocycles. The molecule has 3 N–H and O–H groups in total. The van der Waals surface area contributed by atoms with Gasteiger partial charge in [0.15, 0.2) is 0 Å². The Bertz CT molecular complexity index is 454. The Labute approximate surface area is 157 Å². The van der Waals surface area contributed by atoms with Crippen LogP contribution in [0.15, 0.2) is 24.3 Å². The molecule has 0 bridgehead atoms. The number of amides is 1. The minimum atomic E-state index is -0.128. The fourth-order valence-electron chi connectivity index (χ4n) is 2.42. The molecular weight excluding hydrogens is 357 g/mol. The molecule has 2 atom stereocenters. The number of hydrogen-bond donors (Lipinski definition) is 2. The monoisotopic (exact) mass is 383 g/mol. The highest BCUT2D eigenvalue weighted by Crippen LogP contribution is 2.26. The Kier molecular flexibility index (Phi) is 13.8. The topological polar surface area (TPSA) is 58.4 Å². The fourth-order valence-corrected chi connectivity index (χ4v) is 2.68. The van der Waals surface area contributed by atoms with Crippen molar-refractivity contribution >= 4 is 42.3 Å². The van der Waals surface area contributed by atoms with Gasteiger partial charge in [-0.15, -0.1) is 24.8 Å². The Balaban J connectivity index is 0. The summed E-state index contributed by atoms with van der Waals surface area (Å²) in [5.41, 5.74) is 6.70. The van der Waals surface area contributed by atoms with Crippen molar-refractivity contribution in [3.05, 3.63) is 34.9 Å². The van der Waals surface area contributed by atoms with Crippen LogP contribution in [0.5, 0.6) is 0 Å². The van der Waals surface area contributed by atoms with Gasteiger partial charge >= 0.3 is 0 Å². The maximum absolute atomic E-state index is 11.8. The summed E-state index contributed by atoms with van der Waals surface area (Å²) in [6, 6.07) is 7.74. The molecule has 1 aromatic carbocycles. The van der Waals surface area contributed by atoms with Gasteiger partial charge < -0.3 is 11.1 Å². The van der Waals surface area contributed by atoms with E-state index in [-0.39, 0.29) is 42.8 Å². The Hall–Kier alpha value is -0.520. The lowest BCUT2D eigenvalue weighted by molar-refractivity contribution is -0.121. The van der Waals surface area contributed by atoms with E-state index in [4.69, 9.17) is 17.3 Å². The molecule has 0 saturated carbocycles. The summed E-state index contributed by atoms with van der Waals surface area (Å²) in [7, 11) is 0. The summed E-state index contributed by atoms with van der Waals surface area (Å²) in [4.78, 5) is 14.1. The summed E-state index contributed by atoms with van der Waals surface area (Å²) < 4.78 is 0. The van der Waals surface area contributed by atoms with Crippen molar-refractivity contribution in [2.75, 3.05) is 19.6 Å². The lowest BCUT2D eigenvalue weighted by atomic mass is 10.0. The normalized spacial score (nSPS) is 12.8. The van der Waals surface area contributed by atoms with Gasteiger partial charge in [-0.25, -0.2) is 0 Å². The zero-order chi connectivity index (χ0) is 15.8. The first-order valence-corrected chi connectivity index (χ1v) is 7.88. The SMILES string of the molecule is CCN(CC)C(CNC(=O)CC(C)N)c1ccccc1Cl.Cl.Cl. The van der Waals surface area contributed by atoms with Crippen molar-refractivity contribution in [2.24, 2.45) is 5.73 Å². The van der Waals surface area contributed by atoms with Crippen molar-refractivity contribution in [2.45, 2.75) is 39.3 Å². The third-order valence-corrected chi connectivity index (χ3v) is 3.86. The van der Waals surface area contributed by atoms with Gasteiger partial charge in [0.25, 0.3) is 0 Å². The smallest absolute Gasteiger partial charge is 0.221 e. The predicted octanol–water partition coefficient (Wildman–Crippen LogP) is 3.42. The molecule has 134 valence electrons. The molecule has 0 aliphatic heterocycles. The molecule has 0 aliphatic rings. The van der Waals surface area contributed by atoms with Crippen LogP contribution in [0, 0.1) is 0 Å². The van der Waals surface area contributed by atoms with Gasteiger partial charge in [-0.1, -0.05) is 43.6 Å². The van der Waals surface area contributed by atoms with Crippen molar-refractivity contribution < 1.29 is 4.79 Å². The maximum Gasteiger partial charge on any atom is 0.221 e. The number of halogens is 3. The van der Waals surface area contributed by atoms with Gasteiger partial charge in [-0.3, -0.25) is 9.69 Å². The van der Waals surface area contributed by atoms with Crippen molar-refractivity contribution in [3.8, 4) is 0 Å². The number of nitrogens with zero attached hydrogens (tertiary/aromatic N) is 1. The number of nitrogens with two attached hydrogens (primary N) is 1. The van der Waals surface area contributed by atoms with Crippen LogP contribution in [-0.2, 0) is 4.79 Å². The molecule has 1 amide bonds. The molecule has 0 aliphatic carbocycles. The number of nitrogens with one attached hydrogen (secondary N) is 1. The second kappa shape index (κ2) is 12.8. The van der Waals surface area contributed by atoms with Crippen molar-refractivity contribution in [3.63, 3.8) is 0 Å². The Morgan fingerprint density at radius 2 is 1.83 bits per heavy atom. The summed E-state index contributed by atoms with van der Waals surface area (Å²) in [6.45, 7) is 8.38. The third-order valence-electron chi connectivity index (χ3n) is 3.52. The summed E-state index contributed by atoms with van der Waals surface area (Å²) in [6.07, 6.45) is 0.341. The van der Waals surface area contributed by atoms with Crippen LogP contribution in [0.4, 0.5) is 0 Å². The lowest BCUT2D eigenvalue weighted by Crippen LogP contribution is -2.39. The molecule has 0 spiro atoms. The minimum absolute atomic E-state index is 0. The molecule has 1 rings (SSSR count). The van der Waals surface area contributed by atoms with Crippen LogP contribution in [0.2, 0.25) is 5.02 Å². The van der Waals surface area contributed by atoms with Gasteiger partial charge in [-0.2, -0.15) is 0 Å². The average Bonchev–Trinajstić information content (AvgIpc) is 2.43. The third kappa shape index (κ3) is 8.23. The molecule has 23 heavy (non-hydrogen) atoms. The molecule has 4 nitrogen and oxygen atoms in total. The fraction of sp³-hybridized carbons (Fsp3) is 0.562. The average molecular weight is 385 g/mol. The van der Waals surface area contributed by atoms with E-state index in [1.165, 1.54) is 0 Å². The zero-order valence-corrected chi connectivity index (χ0v) is 16.3. The summed E-state index contributed by atoms with van der Waals surface area (Å²) in [5.74, 6) is -0.0193. The lowest BCUT2D eigenvalue weighted by Gasteiger charge is -2.31. The number of likely N-dealkylation sites (N-methyl/N-ethyl adjacent to an activating group) is 1. The molecule has 0 saturated heterocycles. The van der Waals surface area contributed by atoms with E-state index in [0.717, 1.165) is 23.7 Å². The van der Waals surface area contributed by atoms with Crippen LogP contribution in [0.3, 0.4) is 0 Å². The van der Waals surface area contributed by atoms with Crippen LogP contribution in [-0.4, -0.2) is 36.5 Å². The van der Waals surface area contributed by atoms with E-state index in [0.29, 0.717) is 13.0 Å². The van der Waals surface area contributed by atoms with E-state index < -0.39 is 0 Å². The second-order valence-electron chi connectivity index (χ2n) is 5.24. The first-order valence-electron chi connectivity index (χ1n) is 7.50. The van der Waals surface area contributed by atoms with Crippen LogP contribution < -0.4 is 11.1 Å². The molecule has 0 heterocycles.